The number of primary amides is 1. The fourth-order valence-corrected chi connectivity index (χ4v) is 4.05. The number of rotatable bonds is 6. The lowest BCUT2D eigenvalue weighted by Gasteiger charge is -2.13. The van der Waals surface area contributed by atoms with Crippen molar-refractivity contribution in [2.45, 2.75) is 19.3 Å². The van der Waals surface area contributed by atoms with Crippen LogP contribution in [0.25, 0.3) is 10.4 Å². The van der Waals surface area contributed by atoms with Crippen molar-refractivity contribution in [3.8, 4) is 16.2 Å². The number of hydrogen-bond donors (Lipinski definition) is 1. The zero-order valence-electron chi connectivity index (χ0n) is 14.7. The molecule has 5 heteroatoms. The van der Waals surface area contributed by atoms with E-state index in [1.54, 1.807) is 36.6 Å². The Morgan fingerprint density at radius 1 is 1.19 bits per heavy atom. The van der Waals surface area contributed by atoms with Gasteiger partial charge in [0.15, 0.2) is 0 Å². The Bertz CT molecular complexity index is 935. The van der Waals surface area contributed by atoms with Gasteiger partial charge in [0.2, 0.25) is 5.91 Å². The van der Waals surface area contributed by atoms with Crippen LogP contribution in [0.3, 0.4) is 0 Å². The van der Waals surface area contributed by atoms with Gasteiger partial charge in [-0.05, 0) is 60.9 Å². The van der Waals surface area contributed by atoms with E-state index in [0.29, 0.717) is 12.0 Å². The molecule has 0 aliphatic heterocycles. The number of hydrogen-bond acceptors (Lipinski definition) is 3. The first-order valence-electron chi connectivity index (χ1n) is 8.27. The van der Waals surface area contributed by atoms with Crippen molar-refractivity contribution in [2.24, 2.45) is 5.73 Å². The maximum absolute atomic E-state index is 14.1. The van der Waals surface area contributed by atoms with Crippen molar-refractivity contribution in [2.75, 3.05) is 7.11 Å². The number of nitrogens with two attached hydrogens (primary N) is 1. The van der Waals surface area contributed by atoms with Gasteiger partial charge in [-0.1, -0.05) is 18.2 Å². The van der Waals surface area contributed by atoms with Crippen molar-refractivity contribution in [3.63, 3.8) is 0 Å². The van der Waals surface area contributed by atoms with E-state index in [9.17, 15) is 9.18 Å². The van der Waals surface area contributed by atoms with E-state index in [1.165, 1.54) is 6.07 Å². The molecule has 3 rings (SSSR count). The van der Waals surface area contributed by atoms with Gasteiger partial charge in [0.1, 0.15) is 11.6 Å². The molecule has 0 aliphatic carbocycles. The van der Waals surface area contributed by atoms with E-state index in [4.69, 9.17) is 10.5 Å². The molecule has 0 fully saturated rings. The number of carbonyl (C=O) groups is 1. The van der Waals surface area contributed by atoms with Crippen molar-refractivity contribution >= 4 is 17.2 Å². The predicted octanol–water partition coefficient (Wildman–Crippen LogP) is 4.68. The summed E-state index contributed by atoms with van der Waals surface area (Å²) in [6.45, 7) is 2.00. The number of amides is 1. The molecule has 0 aliphatic rings. The number of thiophene rings is 1. The van der Waals surface area contributed by atoms with Gasteiger partial charge in [-0.25, -0.2) is 4.39 Å². The molecule has 0 saturated carbocycles. The lowest BCUT2D eigenvalue weighted by atomic mass is 9.94. The minimum Gasteiger partial charge on any atom is -0.496 e. The van der Waals surface area contributed by atoms with Crippen molar-refractivity contribution in [1.29, 1.82) is 0 Å². The Morgan fingerprint density at radius 2 is 1.96 bits per heavy atom. The molecule has 1 aromatic heterocycles. The summed E-state index contributed by atoms with van der Waals surface area (Å²) in [7, 11) is 1.65. The van der Waals surface area contributed by atoms with E-state index < -0.39 is 17.6 Å². The zero-order chi connectivity index (χ0) is 18.7. The highest BCUT2D eigenvalue weighted by Crippen LogP contribution is 2.34. The summed E-state index contributed by atoms with van der Waals surface area (Å²) in [5.41, 5.74) is 8.02. The molecule has 134 valence electrons. The first-order valence-corrected chi connectivity index (χ1v) is 9.08. The van der Waals surface area contributed by atoms with E-state index in [2.05, 4.69) is 6.07 Å². The lowest BCUT2D eigenvalue weighted by molar-refractivity contribution is -0.119. The Labute approximate surface area is 156 Å². The van der Waals surface area contributed by atoms with Crippen LogP contribution in [-0.4, -0.2) is 13.0 Å². The Hall–Kier alpha value is -2.66. The Balaban J connectivity index is 1.86. The van der Waals surface area contributed by atoms with Gasteiger partial charge >= 0.3 is 0 Å². The second kappa shape index (κ2) is 7.70. The van der Waals surface area contributed by atoms with E-state index >= 15 is 0 Å². The number of carbonyl (C=O) groups excluding carboxylic acids is 1. The summed E-state index contributed by atoms with van der Waals surface area (Å²) in [6, 6.07) is 16.3. The lowest BCUT2D eigenvalue weighted by Crippen LogP contribution is -2.23. The van der Waals surface area contributed by atoms with Crippen LogP contribution in [0.15, 0.2) is 54.6 Å². The van der Waals surface area contributed by atoms with Crippen LogP contribution in [0.1, 0.15) is 21.9 Å². The second-order valence-electron chi connectivity index (χ2n) is 6.13. The molecule has 3 aromatic rings. The molecule has 26 heavy (non-hydrogen) atoms. The molecular formula is C21H20FNO2S. The maximum atomic E-state index is 14.1. The van der Waals surface area contributed by atoms with Crippen molar-refractivity contribution in [3.05, 3.63) is 76.4 Å². The standard InChI is InChI=1S/C21H20FNO2S/c1-13-11-14(7-9-19(13)25-2)20-10-8-15(26-20)12-17(21(23)24)16-5-3-4-6-18(16)22/h3-11,17H,12H2,1-2H3,(H2,23,24). The summed E-state index contributed by atoms with van der Waals surface area (Å²) in [6.07, 6.45) is 0.385. The minimum atomic E-state index is -0.680. The summed E-state index contributed by atoms with van der Waals surface area (Å²) in [5.74, 6) is -0.761. The summed E-state index contributed by atoms with van der Waals surface area (Å²) >= 11 is 1.58. The molecule has 0 radical (unpaired) electrons. The molecule has 1 heterocycles. The van der Waals surface area contributed by atoms with Gasteiger partial charge in [0.05, 0.1) is 13.0 Å². The number of benzene rings is 2. The van der Waals surface area contributed by atoms with Crippen LogP contribution in [0.2, 0.25) is 0 Å². The molecule has 1 atom stereocenters. The van der Waals surface area contributed by atoms with Crippen LogP contribution >= 0.6 is 11.3 Å². The highest BCUT2D eigenvalue weighted by Gasteiger charge is 2.22. The Morgan fingerprint density at radius 3 is 2.62 bits per heavy atom. The third-order valence-corrected chi connectivity index (χ3v) is 5.53. The van der Waals surface area contributed by atoms with Crippen LogP contribution in [0.5, 0.6) is 5.75 Å². The molecule has 2 N–H and O–H groups in total. The Kier molecular flexibility index (Phi) is 5.38. The maximum Gasteiger partial charge on any atom is 0.225 e. The van der Waals surface area contributed by atoms with E-state index in [-0.39, 0.29) is 0 Å². The molecule has 0 bridgehead atoms. The fraction of sp³-hybridized carbons (Fsp3) is 0.190. The SMILES string of the molecule is COc1ccc(-c2ccc(CC(C(N)=O)c3ccccc3F)s2)cc1C. The first kappa shape index (κ1) is 18.1. The topological polar surface area (TPSA) is 52.3 Å². The number of halogens is 1. The first-order chi connectivity index (χ1) is 12.5. The van der Waals surface area contributed by atoms with Gasteiger partial charge in [0, 0.05) is 15.3 Å². The van der Waals surface area contributed by atoms with Crippen LogP contribution < -0.4 is 10.5 Å². The quantitative estimate of drug-likeness (QED) is 0.686. The van der Waals surface area contributed by atoms with E-state index in [1.807, 2.05) is 31.2 Å². The molecule has 1 amide bonds. The monoisotopic (exact) mass is 369 g/mol. The minimum absolute atomic E-state index is 0.343. The normalized spacial score (nSPS) is 12.0. The average molecular weight is 369 g/mol. The highest BCUT2D eigenvalue weighted by atomic mass is 32.1. The number of methoxy groups -OCH3 is 1. The number of ether oxygens (including phenoxy) is 1. The second-order valence-corrected chi connectivity index (χ2v) is 7.30. The third kappa shape index (κ3) is 3.78. The van der Waals surface area contributed by atoms with Crippen LogP contribution in [0, 0.1) is 12.7 Å². The zero-order valence-corrected chi connectivity index (χ0v) is 15.5. The highest BCUT2D eigenvalue weighted by molar-refractivity contribution is 7.15. The number of aryl methyl sites for hydroxylation is 1. The molecule has 1 unspecified atom stereocenters. The summed E-state index contributed by atoms with van der Waals surface area (Å²) in [4.78, 5) is 14.0. The summed E-state index contributed by atoms with van der Waals surface area (Å²) < 4.78 is 19.4. The largest absolute Gasteiger partial charge is 0.496 e. The predicted molar refractivity (Wildman–Crippen MR) is 103 cm³/mol. The molecule has 0 spiro atoms. The molecule has 3 nitrogen and oxygen atoms in total. The van der Waals surface area contributed by atoms with Gasteiger partial charge in [0.25, 0.3) is 0 Å². The van der Waals surface area contributed by atoms with Gasteiger partial charge in [-0.3, -0.25) is 4.79 Å². The molecule has 0 saturated heterocycles. The fourth-order valence-electron chi connectivity index (χ4n) is 3.00. The molecule has 2 aromatic carbocycles. The van der Waals surface area contributed by atoms with E-state index in [0.717, 1.165) is 26.6 Å². The third-order valence-electron chi connectivity index (χ3n) is 4.37. The van der Waals surface area contributed by atoms with Crippen LogP contribution in [-0.2, 0) is 11.2 Å². The van der Waals surface area contributed by atoms with Crippen LogP contribution in [0.4, 0.5) is 4.39 Å². The average Bonchev–Trinajstić information content (AvgIpc) is 3.09. The van der Waals surface area contributed by atoms with Gasteiger partial charge in [-0.2, -0.15) is 0 Å². The van der Waals surface area contributed by atoms with Gasteiger partial charge < -0.3 is 10.5 Å². The summed E-state index contributed by atoms with van der Waals surface area (Å²) in [5, 5.41) is 0. The van der Waals surface area contributed by atoms with Crippen molar-refractivity contribution < 1.29 is 13.9 Å². The molecular weight excluding hydrogens is 349 g/mol. The smallest absolute Gasteiger partial charge is 0.225 e. The van der Waals surface area contributed by atoms with Gasteiger partial charge in [-0.15, -0.1) is 11.3 Å². The van der Waals surface area contributed by atoms with Crippen molar-refractivity contribution in [1.82, 2.24) is 0 Å².